The second-order valence-electron chi connectivity index (χ2n) is 11.7. The number of nitrogens with zero attached hydrogens (tertiary/aromatic N) is 3. The predicted molar refractivity (Wildman–Crippen MR) is 183 cm³/mol. The van der Waals surface area contributed by atoms with E-state index in [2.05, 4.69) is 90.4 Å². The van der Waals surface area contributed by atoms with Gasteiger partial charge in [0.2, 0.25) is 0 Å². The summed E-state index contributed by atoms with van der Waals surface area (Å²) in [4.78, 5) is 20.6. The first-order chi connectivity index (χ1) is 20.7. The topological polar surface area (TPSA) is 99.7 Å². The number of hydrogen-bond acceptors (Lipinski definition) is 6. The van der Waals surface area contributed by atoms with Crippen molar-refractivity contribution < 1.29 is 4.79 Å². The number of benzene rings is 2. The maximum atomic E-state index is 13.4. The fourth-order valence-electron chi connectivity index (χ4n) is 5.67. The number of amides is 1. The first-order valence-corrected chi connectivity index (χ1v) is 15.6. The van der Waals surface area contributed by atoms with Gasteiger partial charge in [-0.15, -0.1) is 0 Å². The Bertz CT molecular complexity index is 1530. The Labute approximate surface area is 257 Å². The zero-order chi connectivity index (χ0) is 31.1. The van der Waals surface area contributed by atoms with Crippen molar-refractivity contribution in [1.82, 2.24) is 14.8 Å². The van der Waals surface area contributed by atoms with E-state index in [-0.39, 0.29) is 11.8 Å². The van der Waals surface area contributed by atoms with Crippen LogP contribution in [0.1, 0.15) is 69.6 Å². The summed E-state index contributed by atoms with van der Waals surface area (Å²) < 4.78 is 2.30. The Balaban J connectivity index is 1.76. The molecule has 8 nitrogen and oxygen atoms in total. The molecular formula is C35H49N7O. The van der Waals surface area contributed by atoms with Crippen molar-refractivity contribution in [3.05, 3.63) is 77.3 Å². The third-order valence-corrected chi connectivity index (χ3v) is 8.17. The highest BCUT2D eigenvalue weighted by Crippen LogP contribution is 2.35. The smallest absolute Gasteiger partial charge is 0.253 e. The fraction of sp³-hybridized carbons (Fsp3) is 0.429. The maximum Gasteiger partial charge on any atom is 0.253 e. The molecule has 1 atom stereocenters. The lowest BCUT2D eigenvalue weighted by atomic mass is 9.95. The molecule has 5 N–H and O–H groups in total. The number of likely N-dealkylation sites (N-methyl/N-ethyl adjacent to an activating group) is 1. The first kappa shape index (κ1) is 31.9. The van der Waals surface area contributed by atoms with E-state index < -0.39 is 0 Å². The van der Waals surface area contributed by atoms with Crippen LogP contribution in [0.3, 0.4) is 0 Å². The van der Waals surface area contributed by atoms with Crippen molar-refractivity contribution >= 4 is 39.6 Å². The lowest BCUT2D eigenvalue weighted by Gasteiger charge is -2.21. The molecule has 3 aromatic rings. The average molecular weight is 584 g/mol. The van der Waals surface area contributed by atoms with Crippen LogP contribution in [0, 0.1) is 0 Å². The van der Waals surface area contributed by atoms with Crippen LogP contribution in [0.5, 0.6) is 0 Å². The van der Waals surface area contributed by atoms with Crippen molar-refractivity contribution in [2.24, 2.45) is 4.99 Å². The number of carbonyl (C=O) groups is 1. The Morgan fingerprint density at radius 1 is 1.21 bits per heavy atom. The van der Waals surface area contributed by atoms with Crippen LogP contribution >= 0.6 is 0 Å². The number of nitrogens with two attached hydrogens (primary N) is 1. The molecule has 1 aliphatic heterocycles. The number of aliphatic imine (C=N–C) groups is 1. The summed E-state index contributed by atoms with van der Waals surface area (Å²) in [6.07, 6.45) is 7.96. The first-order valence-electron chi connectivity index (χ1n) is 15.6. The molecule has 43 heavy (non-hydrogen) atoms. The molecule has 0 aliphatic carbocycles. The second kappa shape index (κ2) is 14.4. The van der Waals surface area contributed by atoms with Crippen molar-refractivity contribution in [3.63, 3.8) is 0 Å². The van der Waals surface area contributed by atoms with E-state index in [4.69, 9.17) is 10.7 Å². The summed E-state index contributed by atoms with van der Waals surface area (Å²) in [6.45, 7) is 15.9. The van der Waals surface area contributed by atoms with Crippen molar-refractivity contribution in [2.75, 3.05) is 50.1 Å². The molecule has 2 heterocycles. The van der Waals surface area contributed by atoms with Gasteiger partial charge in [-0.25, -0.2) is 4.99 Å². The summed E-state index contributed by atoms with van der Waals surface area (Å²) in [7, 11) is 4.11. The third kappa shape index (κ3) is 7.31. The minimum absolute atomic E-state index is 0.138. The highest BCUT2D eigenvalue weighted by molar-refractivity contribution is 6.31. The normalized spacial score (nSPS) is 14.2. The van der Waals surface area contributed by atoms with Crippen molar-refractivity contribution in [3.8, 4) is 0 Å². The predicted octanol–water partition coefficient (Wildman–Crippen LogP) is 6.50. The number of aromatic nitrogens is 1. The third-order valence-electron chi connectivity index (χ3n) is 8.17. The molecule has 4 rings (SSSR count). The van der Waals surface area contributed by atoms with E-state index in [1.165, 1.54) is 11.1 Å². The Morgan fingerprint density at radius 2 is 2.00 bits per heavy atom. The number of nitrogens with one attached hydrogen (secondary N) is 3. The molecule has 1 aromatic heterocycles. The Kier molecular flexibility index (Phi) is 10.7. The van der Waals surface area contributed by atoms with Crippen molar-refractivity contribution in [2.45, 2.75) is 65.8 Å². The number of carbonyl (C=O) groups excluding carboxylic acids is 1. The monoisotopic (exact) mass is 583 g/mol. The van der Waals surface area contributed by atoms with Crippen LogP contribution in [0.15, 0.2) is 65.6 Å². The van der Waals surface area contributed by atoms with E-state index in [0.29, 0.717) is 29.3 Å². The Morgan fingerprint density at radius 3 is 2.70 bits per heavy atom. The fourth-order valence-corrected chi connectivity index (χ4v) is 5.67. The highest BCUT2D eigenvalue weighted by atomic mass is 16.1. The van der Waals surface area contributed by atoms with E-state index >= 15 is 0 Å². The van der Waals surface area contributed by atoms with Gasteiger partial charge in [0, 0.05) is 49.0 Å². The van der Waals surface area contributed by atoms with E-state index in [9.17, 15) is 4.79 Å². The molecular weight excluding hydrogens is 534 g/mol. The molecule has 0 saturated heterocycles. The maximum absolute atomic E-state index is 13.4. The number of anilines is 3. The van der Waals surface area contributed by atoms with Gasteiger partial charge in [0.25, 0.3) is 5.91 Å². The van der Waals surface area contributed by atoms with Gasteiger partial charge < -0.3 is 31.2 Å². The molecule has 8 heteroatoms. The van der Waals surface area contributed by atoms with Crippen LogP contribution in [-0.2, 0) is 17.8 Å². The molecule has 0 spiro atoms. The lowest BCUT2D eigenvalue weighted by Crippen LogP contribution is -2.29. The number of hydrogen-bond donors (Lipinski definition) is 4. The van der Waals surface area contributed by atoms with Crippen LogP contribution in [0.4, 0.5) is 17.1 Å². The van der Waals surface area contributed by atoms with Crippen LogP contribution in [-0.4, -0.2) is 54.8 Å². The number of rotatable bonds is 14. The molecule has 0 bridgehead atoms. The molecule has 1 unspecified atom stereocenters. The Hall–Kier alpha value is -4.04. The average Bonchev–Trinajstić information content (AvgIpc) is 3.36. The van der Waals surface area contributed by atoms with Crippen LogP contribution in [0.25, 0.3) is 10.9 Å². The van der Waals surface area contributed by atoms with E-state index in [0.717, 1.165) is 73.2 Å². The highest BCUT2D eigenvalue weighted by Gasteiger charge is 2.24. The largest absolute Gasteiger partial charge is 0.397 e. The molecule has 1 aliphatic rings. The van der Waals surface area contributed by atoms with Crippen molar-refractivity contribution in [1.29, 1.82) is 0 Å². The van der Waals surface area contributed by atoms with Crippen LogP contribution in [0.2, 0.25) is 0 Å². The molecule has 0 saturated carbocycles. The van der Waals surface area contributed by atoms with Gasteiger partial charge in [0.15, 0.2) is 0 Å². The van der Waals surface area contributed by atoms with Gasteiger partial charge in [-0.3, -0.25) is 4.79 Å². The molecule has 0 fully saturated rings. The summed E-state index contributed by atoms with van der Waals surface area (Å²) >= 11 is 0. The molecule has 2 aromatic carbocycles. The molecule has 1 amide bonds. The second-order valence-corrected chi connectivity index (χ2v) is 11.7. The van der Waals surface area contributed by atoms with Gasteiger partial charge in [0.1, 0.15) is 5.82 Å². The zero-order valence-corrected chi connectivity index (χ0v) is 26.8. The summed E-state index contributed by atoms with van der Waals surface area (Å²) in [5, 5.41) is 11.1. The van der Waals surface area contributed by atoms with Gasteiger partial charge in [-0.05, 0) is 75.9 Å². The summed E-state index contributed by atoms with van der Waals surface area (Å²) in [5.41, 5.74) is 14.8. The number of aryl methyl sites for hydroxylation is 2. The minimum Gasteiger partial charge on any atom is -0.397 e. The van der Waals surface area contributed by atoms with Gasteiger partial charge >= 0.3 is 0 Å². The van der Waals surface area contributed by atoms with Gasteiger partial charge in [-0.1, -0.05) is 51.6 Å². The summed E-state index contributed by atoms with van der Waals surface area (Å²) in [5.74, 6) is 0.597. The lowest BCUT2D eigenvalue weighted by molar-refractivity contribution is -0.117. The standard InChI is InChI=1S/C35H49N7O/c1-8-16-38-35(43)26(10-3)33(29-22-42-18-12-14-25-13-11-15-27(29)34(25)42)40-24(5)39-31-21-30(36)32(37-17-19-41(6)7)20-28(31)23(4)9-2/h10-11,13,15,20-23,37,39H,5,8-9,12,14,16-19,36H2,1-4,6-7H3,(H,38,43)/b26-10+,40-33+. The number of allylic oxidation sites excluding steroid dienone is 1. The van der Waals surface area contributed by atoms with E-state index in [1.54, 1.807) is 0 Å². The SMILES string of the molecule is C=C(/N=C(\C(=C/C)C(=O)NCCC)c1cn2c3c(cccc13)CCC2)Nc1cc(N)c(NCCN(C)C)cc1C(C)CC. The van der Waals surface area contributed by atoms with E-state index in [1.807, 2.05) is 26.0 Å². The molecule has 0 radical (unpaired) electrons. The zero-order valence-electron chi connectivity index (χ0n) is 26.8. The quantitative estimate of drug-likeness (QED) is 0.0986. The van der Waals surface area contributed by atoms with Gasteiger partial charge in [0.05, 0.1) is 28.2 Å². The number of para-hydroxylation sites is 1. The minimum atomic E-state index is -0.138. The van der Waals surface area contributed by atoms with Crippen LogP contribution < -0.4 is 21.7 Å². The number of nitrogen functional groups attached to an aromatic ring is 1. The summed E-state index contributed by atoms with van der Waals surface area (Å²) in [6, 6.07) is 10.5. The molecule has 230 valence electrons. The van der Waals surface area contributed by atoms with Gasteiger partial charge in [-0.2, -0.15) is 0 Å².